The van der Waals surface area contributed by atoms with Crippen LogP contribution < -0.4 is 0 Å². The van der Waals surface area contributed by atoms with Crippen molar-refractivity contribution >= 4 is 5.97 Å². The molecule has 1 aromatic rings. The highest BCUT2D eigenvalue weighted by Gasteiger charge is 1.98. The average Bonchev–Trinajstić information content (AvgIpc) is 2.37. The number of hydrogen-bond donors (Lipinski definition) is 1. The Kier molecular flexibility index (Phi) is 20.3. The van der Waals surface area contributed by atoms with Gasteiger partial charge in [0.15, 0.2) is 0 Å². The molecule has 0 amide bonds. The van der Waals surface area contributed by atoms with Crippen LogP contribution in [0, 0.1) is 6.92 Å². The maximum absolute atomic E-state index is 10.3. The Balaban J connectivity index is -0.000000245. The van der Waals surface area contributed by atoms with Crippen LogP contribution in [-0.2, 0) is 0 Å². The second-order valence-electron chi connectivity index (χ2n) is 2.17. The summed E-state index contributed by atoms with van der Waals surface area (Å²) < 4.78 is 0. The molecule has 2 heteroatoms. The molecule has 0 aliphatic carbocycles. The van der Waals surface area contributed by atoms with Crippen molar-refractivity contribution in [2.45, 2.75) is 48.5 Å². The summed E-state index contributed by atoms with van der Waals surface area (Å²) in [6.07, 6.45) is 0. The van der Waals surface area contributed by atoms with E-state index in [1.165, 1.54) is 0 Å². The van der Waals surface area contributed by atoms with Gasteiger partial charge in [-0.2, -0.15) is 0 Å². The van der Waals surface area contributed by atoms with E-state index in [4.69, 9.17) is 5.11 Å². The van der Waals surface area contributed by atoms with Crippen LogP contribution in [0.5, 0.6) is 0 Å². The first-order valence-corrected chi connectivity index (χ1v) is 6.00. The molecular weight excluding hydrogens is 200 g/mol. The second-order valence-corrected chi connectivity index (χ2v) is 2.17. The molecule has 0 radical (unpaired) electrons. The molecular formula is C14H26O2. The minimum absolute atomic E-state index is 0.339. The number of hydrogen-bond acceptors (Lipinski definition) is 1. The zero-order valence-corrected chi connectivity index (χ0v) is 11.7. The van der Waals surface area contributed by atoms with E-state index in [0.717, 1.165) is 5.56 Å². The Morgan fingerprint density at radius 2 is 1.19 bits per heavy atom. The molecule has 0 atom stereocenters. The van der Waals surface area contributed by atoms with Crippen molar-refractivity contribution in [1.82, 2.24) is 0 Å². The van der Waals surface area contributed by atoms with Gasteiger partial charge in [0.1, 0.15) is 0 Å². The van der Waals surface area contributed by atoms with Gasteiger partial charge in [-0.3, -0.25) is 0 Å². The fourth-order valence-electron chi connectivity index (χ4n) is 0.696. The van der Waals surface area contributed by atoms with Crippen LogP contribution >= 0.6 is 0 Å². The maximum atomic E-state index is 10.3. The van der Waals surface area contributed by atoms with Gasteiger partial charge in [0, 0.05) is 0 Å². The van der Waals surface area contributed by atoms with Crippen molar-refractivity contribution in [2.75, 3.05) is 0 Å². The summed E-state index contributed by atoms with van der Waals surface area (Å²) in [5.41, 5.74) is 1.41. The van der Waals surface area contributed by atoms with Crippen molar-refractivity contribution in [3.05, 3.63) is 35.4 Å². The minimum atomic E-state index is -0.875. The fourth-order valence-corrected chi connectivity index (χ4v) is 0.696. The average molecular weight is 226 g/mol. The Hall–Kier alpha value is -1.31. The lowest BCUT2D eigenvalue weighted by Crippen LogP contribution is -1.94. The summed E-state index contributed by atoms with van der Waals surface area (Å²) in [5, 5.41) is 8.48. The lowest BCUT2D eigenvalue weighted by molar-refractivity contribution is 0.0697. The summed E-state index contributed by atoms with van der Waals surface area (Å²) in [4.78, 5) is 10.3. The largest absolute Gasteiger partial charge is 0.478 e. The molecule has 1 rings (SSSR count). The van der Waals surface area contributed by atoms with Gasteiger partial charge in [-0.1, -0.05) is 59.2 Å². The van der Waals surface area contributed by atoms with Gasteiger partial charge in [-0.25, -0.2) is 4.79 Å². The monoisotopic (exact) mass is 226 g/mol. The normalized spacial score (nSPS) is 6.94. The molecule has 94 valence electrons. The lowest BCUT2D eigenvalue weighted by Gasteiger charge is -1.92. The minimum Gasteiger partial charge on any atom is -0.478 e. The molecule has 0 aliphatic rings. The van der Waals surface area contributed by atoms with E-state index < -0.39 is 5.97 Å². The van der Waals surface area contributed by atoms with Crippen molar-refractivity contribution in [3.8, 4) is 0 Å². The predicted octanol–water partition coefficient (Wildman–Crippen LogP) is 4.77. The highest BCUT2D eigenvalue weighted by Crippen LogP contribution is 2.01. The summed E-state index contributed by atoms with van der Waals surface area (Å²) in [5.74, 6) is -0.875. The van der Waals surface area contributed by atoms with Gasteiger partial charge in [-0.05, 0) is 19.1 Å². The summed E-state index contributed by atoms with van der Waals surface area (Å²) in [7, 11) is 0. The zero-order valence-electron chi connectivity index (χ0n) is 11.7. The van der Waals surface area contributed by atoms with Gasteiger partial charge in [0.25, 0.3) is 0 Å². The van der Waals surface area contributed by atoms with Crippen LogP contribution in [0.15, 0.2) is 24.3 Å². The van der Waals surface area contributed by atoms with E-state index in [9.17, 15) is 4.79 Å². The van der Waals surface area contributed by atoms with E-state index in [1.807, 2.05) is 48.5 Å². The smallest absolute Gasteiger partial charge is 0.335 e. The highest BCUT2D eigenvalue weighted by molar-refractivity contribution is 5.87. The Labute approximate surface area is 100 Å². The third-order valence-electron chi connectivity index (χ3n) is 1.30. The van der Waals surface area contributed by atoms with Crippen LogP contribution in [0.25, 0.3) is 0 Å². The van der Waals surface area contributed by atoms with Gasteiger partial charge in [-0.15, -0.1) is 0 Å². The van der Waals surface area contributed by atoms with Gasteiger partial charge >= 0.3 is 5.97 Å². The molecule has 0 unspecified atom stereocenters. The topological polar surface area (TPSA) is 37.3 Å². The van der Waals surface area contributed by atoms with E-state index >= 15 is 0 Å². The quantitative estimate of drug-likeness (QED) is 0.748. The van der Waals surface area contributed by atoms with E-state index in [-0.39, 0.29) is 0 Å². The predicted molar refractivity (Wildman–Crippen MR) is 72.2 cm³/mol. The molecule has 0 heterocycles. The number of carboxylic acids is 1. The van der Waals surface area contributed by atoms with Crippen molar-refractivity contribution in [2.24, 2.45) is 0 Å². The number of carboxylic acid groups (broad SMARTS) is 1. The summed E-state index contributed by atoms with van der Waals surface area (Å²) in [6, 6.07) is 6.75. The molecule has 0 spiro atoms. The Morgan fingerprint density at radius 3 is 1.44 bits per heavy atom. The molecule has 1 N–H and O–H groups in total. The molecule has 0 aromatic heterocycles. The first-order chi connectivity index (χ1) is 7.70. The van der Waals surface area contributed by atoms with E-state index in [2.05, 4.69) is 0 Å². The number of aryl methyl sites for hydroxylation is 1. The Bertz CT molecular complexity index is 237. The highest BCUT2D eigenvalue weighted by atomic mass is 16.4. The number of carbonyl (C=O) groups is 1. The summed E-state index contributed by atoms with van der Waals surface area (Å²) >= 11 is 0. The van der Waals surface area contributed by atoms with Crippen molar-refractivity contribution < 1.29 is 9.90 Å². The number of rotatable bonds is 1. The molecule has 0 saturated heterocycles. The fraction of sp³-hybridized carbons (Fsp3) is 0.500. The van der Waals surface area contributed by atoms with Crippen molar-refractivity contribution in [1.29, 1.82) is 0 Å². The third-order valence-corrected chi connectivity index (χ3v) is 1.30. The lowest BCUT2D eigenvalue weighted by atomic mass is 10.2. The molecule has 0 aliphatic heterocycles. The maximum Gasteiger partial charge on any atom is 0.335 e. The second kappa shape index (κ2) is 16.1. The van der Waals surface area contributed by atoms with Crippen LogP contribution in [0.1, 0.15) is 57.5 Å². The summed E-state index contributed by atoms with van der Waals surface area (Å²) in [6.45, 7) is 13.9. The first-order valence-electron chi connectivity index (χ1n) is 6.00. The van der Waals surface area contributed by atoms with Crippen LogP contribution in [-0.4, -0.2) is 11.1 Å². The van der Waals surface area contributed by atoms with Crippen LogP contribution in [0.3, 0.4) is 0 Å². The zero-order chi connectivity index (χ0) is 13.6. The molecule has 16 heavy (non-hydrogen) atoms. The molecule has 0 fully saturated rings. The first kappa shape index (κ1) is 20.1. The molecule has 0 saturated carbocycles. The molecule has 1 aromatic carbocycles. The third kappa shape index (κ3) is 10.8. The molecule has 2 nitrogen and oxygen atoms in total. The number of benzene rings is 1. The Morgan fingerprint density at radius 1 is 0.875 bits per heavy atom. The standard InChI is InChI=1S/C8H8O2.3C2H6/c1-6-2-4-7(5-3-6)8(9)10;3*1-2/h2-5H,1H3,(H,9,10);3*1-2H3. The van der Waals surface area contributed by atoms with Crippen LogP contribution in [0.2, 0.25) is 0 Å². The van der Waals surface area contributed by atoms with Gasteiger partial charge in [0.05, 0.1) is 5.56 Å². The van der Waals surface area contributed by atoms with E-state index in [0.29, 0.717) is 5.56 Å². The van der Waals surface area contributed by atoms with Gasteiger partial charge < -0.3 is 5.11 Å². The van der Waals surface area contributed by atoms with Crippen LogP contribution in [0.4, 0.5) is 0 Å². The molecule has 0 bridgehead atoms. The SMILES string of the molecule is CC.CC.CC.Cc1ccc(C(=O)O)cc1. The van der Waals surface area contributed by atoms with E-state index in [1.54, 1.807) is 24.3 Å². The van der Waals surface area contributed by atoms with Crippen molar-refractivity contribution in [3.63, 3.8) is 0 Å². The number of aromatic carboxylic acids is 1. The van der Waals surface area contributed by atoms with Gasteiger partial charge in [0.2, 0.25) is 0 Å².